The van der Waals surface area contributed by atoms with Gasteiger partial charge in [0.1, 0.15) is 0 Å². The molecule has 0 spiro atoms. The van der Waals surface area contributed by atoms with Crippen molar-refractivity contribution >= 4 is 23.1 Å². The number of rotatable bonds is 7. The summed E-state index contributed by atoms with van der Waals surface area (Å²) >= 11 is 3.66. The highest BCUT2D eigenvalue weighted by Gasteiger charge is 2.10. The number of nitrogens with one attached hydrogen (secondary N) is 1. The lowest BCUT2D eigenvalue weighted by Gasteiger charge is -2.16. The molecule has 1 heterocycles. The van der Waals surface area contributed by atoms with Gasteiger partial charge in [0, 0.05) is 34.5 Å². The van der Waals surface area contributed by atoms with E-state index >= 15 is 0 Å². The molecule has 2 atom stereocenters. The van der Waals surface area contributed by atoms with E-state index in [0.29, 0.717) is 11.3 Å². The second-order valence-corrected chi connectivity index (χ2v) is 6.03. The largest absolute Gasteiger partial charge is 0.271 e. The first-order chi connectivity index (χ1) is 7.26. The molecule has 5 heteroatoms. The average Bonchev–Trinajstić information content (AvgIpc) is 2.76. The van der Waals surface area contributed by atoms with Crippen LogP contribution in [0.2, 0.25) is 0 Å². The third kappa shape index (κ3) is 4.97. The van der Waals surface area contributed by atoms with Crippen LogP contribution < -0.4 is 11.3 Å². The molecule has 86 valence electrons. The van der Waals surface area contributed by atoms with Gasteiger partial charge in [0.2, 0.25) is 0 Å². The van der Waals surface area contributed by atoms with Crippen LogP contribution in [0.1, 0.15) is 25.1 Å². The van der Waals surface area contributed by atoms with E-state index in [1.807, 2.05) is 23.5 Å². The minimum Gasteiger partial charge on any atom is -0.271 e. The maximum Gasteiger partial charge on any atom is 0.0794 e. The van der Waals surface area contributed by atoms with Crippen molar-refractivity contribution in [2.75, 3.05) is 5.75 Å². The van der Waals surface area contributed by atoms with Crippen molar-refractivity contribution in [3.63, 3.8) is 0 Å². The van der Waals surface area contributed by atoms with E-state index in [1.165, 1.54) is 11.3 Å². The molecule has 3 nitrogen and oxygen atoms in total. The van der Waals surface area contributed by atoms with Crippen molar-refractivity contribution in [2.24, 2.45) is 5.84 Å². The molecule has 15 heavy (non-hydrogen) atoms. The monoisotopic (exact) mass is 245 g/mol. The maximum atomic E-state index is 5.54. The Morgan fingerprint density at radius 2 is 2.47 bits per heavy atom. The van der Waals surface area contributed by atoms with Crippen molar-refractivity contribution in [3.05, 3.63) is 16.6 Å². The van der Waals surface area contributed by atoms with Gasteiger partial charge in [0.25, 0.3) is 0 Å². The van der Waals surface area contributed by atoms with E-state index in [2.05, 4.69) is 24.3 Å². The molecule has 1 aromatic heterocycles. The summed E-state index contributed by atoms with van der Waals surface area (Å²) in [4.78, 5) is 5.36. The van der Waals surface area contributed by atoms with Crippen LogP contribution in [0, 0.1) is 0 Å². The van der Waals surface area contributed by atoms with Gasteiger partial charge < -0.3 is 0 Å². The van der Waals surface area contributed by atoms with Gasteiger partial charge in [-0.15, -0.1) is 11.3 Å². The number of aromatic nitrogens is 1. The number of hydrogen-bond acceptors (Lipinski definition) is 5. The Kier molecular flexibility index (Phi) is 6.24. The molecule has 0 bridgehead atoms. The molecule has 0 amide bonds. The summed E-state index contributed by atoms with van der Waals surface area (Å²) in [6, 6.07) is 0.351. The summed E-state index contributed by atoms with van der Waals surface area (Å²) < 4.78 is 0. The predicted molar refractivity (Wildman–Crippen MR) is 69.1 cm³/mol. The van der Waals surface area contributed by atoms with Gasteiger partial charge in [-0.1, -0.05) is 13.8 Å². The Morgan fingerprint density at radius 3 is 3.00 bits per heavy atom. The lowest BCUT2D eigenvalue weighted by atomic mass is 10.2. The minimum absolute atomic E-state index is 0.351. The fraction of sp³-hybridized carbons (Fsp3) is 0.700. The topological polar surface area (TPSA) is 50.9 Å². The average molecular weight is 245 g/mol. The standard InChI is InChI=1S/C10H19N3S2/c1-3-8(2)14-6-9(13-11)4-10-5-12-7-15-10/h5,7-9,13H,3-4,6,11H2,1-2H3. The van der Waals surface area contributed by atoms with Crippen molar-refractivity contribution in [3.8, 4) is 0 Å². The molecule has 0 saturated heterocycles. The van der Waals surface area contributed by atoms with Crippen LogP contribution >= 0.6 is 23.1 Å². The zero-order valence-corrected chi connectivity index (χ0v) is 10.9. The van der Waals surface area contributed by atoms with Gasteiger partial charge in [-0.2, -0.15) is 11.8 Å². The number of hydrogen-bond donors (Lipinski definition) is 2. The third-order valence-electron chi connectivity index (χ3n) is 2.32. The Hall–Kier alpha value is -0.100. The van der Waals surface area contributed by atoms with Crippen LogP contribution in [0.25, 0.3) is 0 Å². The van der Waals surface area contributed by atoms with Crippen LogP contribution in [-0.4, -0.2) is 22.0 Å². The Bertz CT molecular complexity index is 251. The van der Waals surface area contributed by atoms with Gasteiger partial charge in [0.05, 0.1) is 5.51 Å². The fourth-order valence-electron chi connectivity index (χ4n) is 1.15. The van der Waals surface area contributed by atoms with Gasteiger partial charge >= 0.3 is 0 Å². The number of thiazole rings is 1. The van der Waals surface area contributed by atoms with Crippen LogP contribution in [-0.2, 0) is 6.42 Å². The highest BCUT2D eigenvalue weighted by molar-refractivity contribution is 7.99. The van der Waals surface area contributed by atoms with E-state index in [9.17, 15) is 0 Å². The molecule has 0 saturated carbocycles. The van der Waals surface area contributed by atoms with Crippen molar-refractivity contribution in [1.29, 1.82) is 0 Å². The number of hydrazine groups is 1. The number of thioether (sulfide) groups is 1. The first-order valence-electron chi connectivity index (χ1n) is 5.21. The Labute approximate surface area is 99.8 Å². The highest BCUT2D eigenvalue weighted by atomic mass is 32.2. The van der Waals surface area contributed by atoms with E-state index in [-0.39, 0.29) is 0 Å². The lowest BCUT2D eigenvalue weighted by Crippen LogP contribution is -2.38. The minimum atomic E-state index is 0.351. The van der Waals surface area contributed by atoms with Crippen molar-refractivity contribution < 1.29 is 0 Å². The van der Waals surface area contributed by atoms with E-state index in [4.69, 9.17) is 5.84 Å². The van der Waals surface area contributed by atoms with Gasteiger partial charge in [-0.25, -0.2) is 0 Å². The van der Waals surface area contributed by atoms with Gasteiger partial charge in [-0.3, -0.25) is 16.3 Å². The summed E-state index contributed by atoms with van der Waals surface area (Å²) in [5, 5.41) is 0.710. The molecule has 0 radical (unpaired) electrons. The predicted octanol–water partition coefficient (Wildman–Crippen LogP) is 2.05. The van der Waals surface area contributed by atoms with Crippen LogP contribution in [0.15, 0.2) is 11.7 Å². The molecule has 1 rings (SSSR count). The first kappa shape index (κ1) is 13.0. The molecule has 2 unspecified atom stereocenters. The molecule has 0 aliphatic carbocycles. The second-order valence-electron chi connectivity index (χ2n) is 3.59. The second kappa shape index (κ2) is 7.22. The molecule has 0 fully saturated rings. The summed E-state index contributed by atoms with van der Waals surface area (Å²) in [7, 11) is 0. The summed E-state index contributed by atoms with van der Waals surface area (Å²) in [5.41, 5.74) is 4.74. The Balaban J connectivity index is 2.30. The maximum absolute atomic E-state index is 5.54. The van der Waals surface area contributed by atoms with Crippen LogP contribution in [0.5, 0.6) is 0 Å². The SMILES string of the molecule is CCC(C)SCC(Cc1cncs1)NN. The quantitative estimate of drug-likeness (QED) is 0.570. The third-order valence-corrected chi connectivity index (χ3v) is 4.62. The smallest absolute Gasteiger partial charge is 0.0794 e. The van der Waals surface area contributed by atoms with E-state index < -0.39 is 0 Å². The summed E-state index contributed by atoms with van der Waals surface area (Å²) in [5.74, 6) is 6.60. The first-order valence-corrected chi connectivity index (χ1v) is 7.14. The number of nitrogens with two attached hydrogens (primary N) is 1. The fourth-order valence-corrected chi connectivity index (χ4v) is 2.84. The molecular formula is C10H19N3S2. The lowest BCUT2D eigenvalue weighted by molar-refractivity contribution is 0.578. The summed E-state index contributed by atoms with van der Waals surface area (Å²) in [6.45, 7) is 4.47. The molecule has 3 N–H and O–H groups in total. The molecule has 0 aliphatic rings. The van der Waals surface area contributed by atoms with E-state index in [0.717, 1.165) is 12.2 Å². The van der Waals surface area contributed by atoms with Crippen molar-refractivity contribution in [2.45, 2.75) is 38.0 Å². The molecule has 1 aromatic rings. The Morgan fingerprint density at radius 1 is 1.67 bits per heavy atom. The van der Waals surface area contributed by atoms with Gasteiger partial charge in [-0.05, 0) is 6.42 Å². The zero-order valence-electron chi connectivity index (χ0n) is 9.27. The zero-order chi connectivity index (χ0) is 11.1. The van der Waals surface area contributed by atoms with Crippen LogP contribution in [0.4, 0.5) is 0 Å². The van der Waals surface area contributed by atoms with Crippen molar-refractivity contribution in [1.82, 2.24) is 10.4 Å². The molecule has 0 aromatic carbocycles. The molecule has 0 aliphatic heterocycles. The van der Waals surface area contributed by atoms with E-state index in [1.54, 1.807) is 11.3 Å². The number of nitrogens with zero attached hydrogens (tertiary/aromatic N) is 1. The molecular weight excluding hydrogens is 226 g/mol. The van der Waals surface area contributed by atoms with Crippen LogP contribution in [0.3, 0.4) is 0 Å². The normalized spacial score (nSPS) is 15.1. The highest BCUT2D eigenvalue weighted by Crippen LogP contribution is 2.17. The summed E-state index contributed by atoms with van der Waals surface area (Å²) in [6.07, 6.45) is 4.11. The van der Waals surface area contributed by atoms with Gasteiger partial charge in [0.15, 0.2) is 0 Å².